The number of rotatable bonds is 1. The van der Waals surface area contributed by atoms with E-state index >= 15 is 0 Å². The summed E-state index contributed by atoms with van der Waals surface area (Å²) >= 11 is 0. The molecule has 0 heterocycles. The predicted octanol–water partition coefficient (Wildman–Crippen LogP) is -0.923. The van der Waals surface area contributed by atoms with Gasteiger partial charge in [0.05, 0.1) is 12.2 Å². The first kappa shape index (κ1) is 6.99. The van der Waals surface area contributed by atoms with Crippen molar-refractivity contribution in [3.63, 3.8) is 0 Å². The van der Waals surface area contributed by atoms with Crippen molar-refractivity contribution < 1.29 is 10.2 Å². The summed E-state index contributed by atoms with van der Waals surface area (Å²) < 4.78 is 0. The maximum atomic E-state index is 8.99. The van der Waals surface area contributed by atoms with E-state index in [4.69, 9.17) is 15.9 Å². The molecule has 1 rings (SSSR count). The second-order valence-electron chi connectivity index (χ2n) is 2.71. The van der Waals surface area contributed by atoms with E-state index in [1.54, 1.807) is 0 Å². The Morgan fingerprint density at radius 2 is 1.67 bits per heavy atom. The van der Waals surface area contributed by atoms with Gasteiger partial charge in [-0.3, -0.25) is 0 Å². The maximum absolute atomic E-state index is 8.99. The van der Waals surface area contributed by atoms with E-state index in [1.807, 2.05) is 0 Å². The molecule has 9 heavy (non-hydrogen) atoms. The van der Waals surface area contributed by atoms with Crippen LogP contribution in [-0.2, 0) is 0 Å². The monoisotopic (exact) mass is 131 g/mol. The summed E-state index contributed by atoms with van der Waals surface area (Å²) in [6.45, 7) is 0.577. The van der Waals surface area contributed by atoms with Crippen molar-refractivity contribution in [1.82, 2.24) is 0 Å². The van der Waals surface area contributed by atoms with E-state index in [9.17, 15) is 0 Å². The van der Waals surface area contributed by atoms with Gasteiger partial charge in [0.15, 0.2) is 0 Å². The molecule has 3 nitrogen and oxygen atoms in total. The zero-order valence-corrected chi connectivity index (χ0v) is 5.33. The minimum Gasteiger partial charge on any atom is -0.390 e. The molecule has 1 saturated carbocycles. The lowest BCUT2D eigenvalue weighted by atomic mass is 10.1. The molecule has 1 aliphatic carbocycles. The molecule has 0 spiro atoms. The van der Waals surface area contributed by atoms with Gasteiger partial charge in [-0.05, 0) is 25.3 Å². The second kappa shape index (κ2) is 2.64. The Bertz CT molecular complexity index is 87.1. The van der Waals surface area contributed by atoms with Crippen LogP contribution in [0.15, 0.2) is 0 Å². The Kier molecular flexibility index (Phi) is 2.05. The third kappa shape index (κ3) is 1.41. The minimum absolute atomic E-state index is 0.329. The highest BCUT2D eigenvalue weighted by Gasteiger charge is 2.29. The number of aliphatic hydroxyl groups excluding tert-OH is 2. The van der Waals surface area contributed by atoms with Gasteiger partial charge in [-0.25, -0.2) is 0 Å². The SMILES string of the molecule is NCC1C[C@@H](O)[C@@H](O)C1. The van der Waals surface area contributed by atoms with Crippen molar-refractivity contribution >= 4 is 0 Å². The molecule has 0 bridgehead atoms. The molecular formula is C6H13NO2. The van der Waals surface area contributed by atoms with Gasteiger partial charge in [0, 0.05) is 0 Å². The van der Waals surface area contributed by atoms with Crippen LogP contribution in [0.5, 0.6) is 0 Å². The Labute approximate surface area is 54.5 Å². The molecule has 3 atom stereocenters. The van der Waals surface area contributed by atoms with Crippen LogP contribution < -0.4 is 5.73 Å². The van der Waals surface area contributed by atoms with E-state index < -0.39 is 12.2 Å². The fraction of sp³-hybridized carbons (Fsp3) is 1.00. The topological polar surface area (TPSA) is 66.5 Å². The lowest BCUT2D eigenvalue weighted by Gasteiger charge is -2.03. The highest BCUT2D eigenvalue weighted by molar-refractivity contribution is 4.82. The van der Waals surface area contributed by atoms with Crippen molar-refractivity contribution in [3.05, 3.63) is 0 Å². The number of hydrogen-bond donors (Lipinski definition) is 3. The van der Waals surface area contributed by atoms with E-state index in [0.717, 1.165) is 0 Å². The zero-order valence-electron chi connectivity index (χ0n) is 5.33. The number of hydrogen-bond acceptors (Lipinski definition) is 3. The molecule has 0 radical (unpaired) electrons. The van der Waals surface area contributed by atoms with Crippen LogP contribution in [0, 0.1) is 5.92 Å². The molecule has 1 fully saturated rings. The van der Waals surface area contributed by atoms with Gasteiger partial charge in [0.1, 0.15) is 0 Å². The maximum Gasteiger partial charge on any atom is 0.0802 e. The van der Waals surface area contributed by atoms with Crippen LogP contribution in [0.2, 0.25) is 0 Å². The van der Waals surface area contributed by atoms with Gasteiger partial charge in [0.2, 0.25) is 0 Å². The smallest absolute Gasteiger partial charge is 0.0802 e. The number of nitrogens with two attached hydrogens (primary N) is 1. The van der Waals surface area contributed by atoms with Crippen LogP contribution in [0.1, 0.15) is 12.8 Å². The Morgan fingerprint density at radius 1 is 1.22 bits per heavy atom. The molecule has 54 valence electrons. The molecule has 1 aliphatic rings. The van der Waals surface area contributed by atoms with Crippen LogP contribution >= 0.6 is 0 Å². The van der Waals surface area contributed by atoms with Crippen molar-refractivity contribution in [3.8, 4) is 0 Å². The first-order valence-corrected chi connectivity index (χ1v) is 3.30. The lowest BCUT2D eigenvalue weighted by Crippen LogP contribution is -2.17. The summed E-state index contributed by atoms with van der Waals surface area (Å²) in [6, 6.07) is 0. The second-order valence-corrected chi connectivity index (χ2v) is 2.71. The van der Waals surface area contributed by atoms with Gasteiger partial charge in [-0.1, -0.05) is 0 Å². The van der Waals surface area contributed by atoms with Crippen LogP contribution in [0.25, 0.3) is 0 Å². The van der Waals surface area contributed by atoms with Crippen molar-refractivity contribution in [2.75, 3.05) is 6.54 Å². The fourth-order valence-electron chi connectivity index (χ4n) is 1.29. The van der Waals surface area contributed by atoms with Crippen LogP contribution in [0.4, 0.5) is 0 Å². The van der Waals surface area contributed by atoms with Gasteiger partial charge < -0.3 is 15.9 Å². The third-order valence-corrected chi connectivity index (χ3v) is 1.93. The average Bonchev–Trinajstić information content (AvgIpc) is 2.13. The van der Waals surface area contributed by atoms with Crippen molar-refractivity contribution in [2.45, 2.75) is 25.0 Å². The first-order chi connectivity index (χ1) is 4.24. The zero-order chi connectivity index (χ0) is 6.85. The molecule has 0 aliphatic heterocycles. The average molecular weight is 131 g/mol. The lowest BCUT2D eigenvalue weighted by molar-refractivity contribution is 0.0438. The molecule has 0 aromatic rings. The summed E-state index contributed by atoms with van der Waals surface area (Å²) in [6.07, 6.45) is 0.270. The van der Waals surface area contributed by atoms with E-state index in [0.29, 0.717) is 25.3 Å². The summed E-state index contributed by atoms with van der Waals surface area (Å²) in [5, 5.41) is 18.0. The minimum atomic E-state index is -0.529. The van der Waals surface area contributed by atoms with Crippen LogP contribution in [-0.4, -0.2) is 29.0 Å². The Balaban J connectivity index is 2.35. The summed E-state index contributed by atoms with van der Waals surface area (Å²) in [5.74, 6) is 0.329. The van der Waals surface area contributed by atoms with E-state index in [-0.39, 0.29) is 0 Å². The first-order valence-electron chi connectivity index (χ1n) is 3.30. The highest BCUT2D eigenvalue weighted by atomic mass is 16.3. The molecule has 1 unspecified atom stereocenters. The molecule has 4 N–H and O–H groups in total. The highest BCUT2D eigenvalue weighted by Crippen LogP contribution is 2.24. The van der Waals surface area contributed by atoms with Crippen LogP contribution in [0.3, 0.4) is 0 Å². The van der Waals surface area contributed by atoms with Gasteiger partial charge >= 0.3 is 0 Å². The van der Waals surface area contributed by atoms with Gasteiger partial charge in [0.25, 0.3) is 0 Å². The predicted molar refractivity (Wildman–Crippen MR) is 33.8 cm³/mol. The standard InChI is InChI=1S/C6H13NO2/c7-3-4-1-5(8)6(9)2-4/h4-6,8-9H,1-3,7H2/t4?,5-,6+. The Morgan fingerprint density at radius 3 is 1.89 bits per heavy atom. The molecule has 0 aromatic carbocycles. The summed E-state index contributed by atoms with van der Waals surface area (Å²) in [4.78, 5) is 0. The molecule has 3 heteroatoms. The van der Waals surface area contributed by atoms with Gasteiger partial charge in [-0.2, -0.15) is 0 Å². The van der Waals surface area contributed by atoms with E-state index in [2.05, 4.69) is 0 Å². The van der Waals surface area contributed by atoms with Crippen molar-refractivity contribution in [2.24, 2.45) is 11.7 Å². The summed E-state index contributed by atoms with van der Waals surface area (Å²) in [5.41, 5.74) is 5.34. The van der Waals surface area contributed by atoms with Gasteiger partial charge in [-0.15, -0.1) is 0 Å². The number of aliphatic hydroxyl groups is 2. The fourth-order valence-corrected chi connectivity index (χ4v) is 1.29. The van der Waals surface area contributed by atoms with Crippen molar-refractivity contribution in [1.29, 1.82) is 0 Å². The molecular weight excluding hydrogens is 118 g/mol. The van der Waals surface area contributed by atoms with E-state index in [1.165, 1.54) is 0 Å². The molecule has 0 aromatic heterocycles. The quantitative estimate of drug-likeness (QED) is 0.431. The molecule has 0 amide bonds. The molecule has 0 saturated heterocycles. The normalized spacial score (nSPS) is 43.7. The summed E-state index contributed by atoms with van der Waals surface area (Å²) in [7, 11) is 0. The Hall–Kier alpha value is -0.120. The third-order valence-electron chi connectivity index (χ3n) is 1.93. The largest absolute Gasteiger partial charge is 0.390 e.